The maximum absolute atomic E-state index is 10.9. The van der Waals surface area contributed by atoms with Crippen molar-refractivity contribution in [2.45, 2.75) is 26.2 Å². The number of para-hydroxylation sites is 3. The molecule has 0 aliphatic heterocycles. The van der Waals surface area contributed by atoms with Crippen LogP contribution in [0.4, 0.5) is 0 Å². The molecule has 0 spiro atoms. The second-order valence-electron chi connectivity index (χ2n) is 10.2. The van der Waals surface area contributed by atoms with E-state index in [-0.39, 0.29) is 34.8 Å². The predicted molar refractivity (Wildman–Crippen MR) is 156 cm³/mol. The zero-order valence-electron chi connectivity index (χ0n) is 26.4. The van der Waals surface area contributed by atoms with E-state index in [0.29, 0.717) is 16.6 Å². The molecule has 0 saturated carbocycles. The van der Waals surface area contributed by atoms with Crippen LogP contribution >= 0.6 is 0 Å². The van der Waals surface area contributed by atoms with Crippen LogP contribution in [0.5, 0.6) is 5.75 Å². The van der Waals surface area contributed by atoms with Gasteiger partial charge in [-0.05, 0) is 71.1 Å². The number of aromatic hydroxyl groups is 1. The fraction of sp³-hybridized carbons (Fsp3) is 0.118. The van der Waals surface area contributed by atoms with E-state index >= 15 is 0 Å². The Kier molecular flexibility index (Phi) is 4.54. The number of nitrogens with zero attached hydrogens (tertiary/aromatic N) is 3. The van der Waals surface area contributed by atoms with Gasteiger partial charge in [0.25, 0.3) is 0 Å². The van der Waals surface area contributed by atoms with Crippen molar-refractivity contribution in [3.63, 3.8) is 0 Å². The van der Waals surface area contributed by atoms with E-state index in [1.165, 1.54) is 6.07 Å². The number of rotatable bonds is 4. The maximum Gasteiger partial charge on any atom is 0.149 e. The second-order valence-corrected chi connectivity index (χ2v) is 10.2. The number of hydrogen-bond donors (Lipinski definition) is 1. The molecule has 0 amide bonds. The van der Waals surface area contributed by atoms with Crippen LogP contribution in [0.15, 0.2) is 115 Å². The summed E-state index contributed by atoms with van der Waals surface area (Å²) in [5.74, 6) is 0.219. The zero-order chi connectivity index (χ0) is 30.6. The van der Waals surface area contributed by atoms with E-state index in [4.69, 9.17) is 11.8 Å². The van der Waals surface area contributed by atoms with Crippen LogP contribution in [0.1, 0.15) is 33.2 Å². The van der Waals surface area contributed by atoms with Gasteiger partial charge in [-0.3, -0.25) is 9.55 Å². The molecule has 2 heterocycles. The van der Waals surface area contributed by atoms with Crippen LogP contribution in [0.25, 0.3) is 50.5 Å². The van der Waals surface area contributed by atoms with Crippen LogP contribution in [0, 0.1) is 0 Å². The lowest BCUT2D eigenvalue weighted by Crippen LogP contribution is -2.11. The minimum atomic E-state index is -0.478. The number of hydrogen-bond acceptors (Lipinski definition) is 3. The second kappa shape index (κ2) is 9.31. The Balaban J connectivity index is 1.72. The summed E-state index contributed by atoms with van der Waals surface area (Å²) in [5.41, 5.74) is 5.84. The van der Waals surface area contributed by atoms with Crippen molar-refractivity contribution in [2.75, 3.05) is 0 Å². The van der Waals surface area contributed by atoms with Gasteiger partial charge in [-0.1, -0.05) is 75.3 Å². The highest BCUT2D eigenvalue weighted by Crippen LogP contribution is 2.39. The van der Waals surface area contributed by atoms with Crippen molar-refractivity contribution >= 4 is 11.0 Å². The van der Waals surface area contributed by atoms with Gasteiger partial charge >= 0.3 is 0 Å². The van der Waals surface area contributed by atoms with Gasteiger partial charge in [0.15, 0.2) is 0 Å². The lowest BCUT2D eigenvalue weighted by atomic mass is 9.83. The minimum absolute atomic E-state index is 0.0403. The summed E-state index contributed by atoms with van der Waals surface area (Å²) in [6.07, 6.45) is 1.76. The SMILES string of the molecule is [2H]c1c([2H])c([2H])c(-n2c(-c3ccccc3O)nc3c(-c4cc(-c5ccccn5)cc(C(C)(C)C)c4)cccc32)c([2H])c1[2H]. The normalized spacial score (nSPS) is 13.5. The summed E-state index contributed by atoms with van der Waals surface area (Å²) in [5, 5.41) is 10.9. The molecule has 6 aromatic rings. The summed E-state index contributed by atoms with van der Waals surface area (Å²) < 4.78 is 43.8. The average Bonchev–Trinajstić information content (AvgIpc) is 3.38. The molecule has 0 aliphatic carbocycles. The number of aromatic nitrogens is 3. The van der Waals surface area contributed by atoms with E-state index in [1.807, 2.05) is 36.4 Å². The van der Waals surface area contributed by atoms with E-state index in [0.717, 1.165) is 27.9 Å². The Bertz CT molecular complexity index is 2000. The van der Waals surface area contributed by atoms with Gasteiger partial charge in [0.05, 0.1) is 29.1 Å². The van der Waals surface area contributed by atoms with Crippen LogP contribution < -0.4 is 0 Å². The van der Waals surface area contributed by atoms with E-state index < -0.39 is 18.1 Å². The lowest BCUT2D eigenvalue weighted by molar-refractivity contribution is 0.477. The molecule has 4 nitrogen and oxygen atoms in total. The first kappa shape index (κ1) is 18.5. The molecule has 0 atom stereocenters. The van der Waals surface area contributed by atoms with Gasteiger partial charge in [0.1, 0.15) is 11.6 Å². The molecule has 4 heteroatoms. The molecular weight excluding hydrogens is 466 g/mol. The van der Waals surface area contributed by atoms with Crippen molar-refractivity contribution in [3.8, 4) is 45.2 Å². The third-order valence-corrected chi connectivity index (χ3v) is 6.61. The van der Waals surface area contributed by atoms with Crippen LogP contribution in [0.3, 0.4) is 0 Å². The Labute approximate surface area is 229 Å². The van der Waals surface area contributed by atoms with Crippen molar-refractivity contribution in [1.82, 2.24) is 14.5 Å². The quantitative estimate of drug-likeness (QED) is 0.264. The van der Waals surface area contributed by atoms with Gasteiger partial charge in [-0.25, -0.2) is 4.98 Å². The van der Waals surface area contributed by atoms with Crippen molar-refractivity contribution in [3.05, 3.63) is 121 Å². The standard InChI is InChI=1S/C34H29N3O/c1-34(2,3)25-21-23(20-24(22-25)29-16-9-10-19-35-29)27-15-11-17-30-32(27)36-33(28-14-7-8-18-31(28)38)37(30)26-12-5-4-6-13-26/h4-22,38H,1-3H3/i4D,5D,6D,12D,13D. The van der Waals surface area contributed by atoms with Crippen LogP contribution in [-0.2, 0) is 5.41 Å². The molecular formula is C34H29N3O. The van der Waals surface area contributed by atoms with E-state index in [9.17, 15) is 5.11 Å². The monoisotopic (exact) mass is 500 g/mol. The van der Waals surface area contributed by atoms with Crippen LogP contribution in [-0.4, -0.2) is 19.6 Å². The highest BCUT2D eigenvalue weighted by Gasteiger charge is 2.21. The highest BCUT2D eigenvalue weighted by atomic mass is 16.3. The summed E-state index contributed by atoms with van der Waals surface area (Å²) >= 11 is 0. The smallest absolute Gasteiger partial charge is 0.149 e. The predicted octanol–water partition coefficient (Wildman–Crippen LogP) is 8.42. The Morgan fingerprint density at radius 3 is 2.26 bits per heavy atom. The molecule has 0 radical (unpaired) electrons. The Morgan fingerprint density at radius 2 is 1.53 bits per heavy atom. The fourth-order valence-electron chi connectivity index (χ4n) is 4.65. The molecule has 6 rings (SSSR count). The first-order valence-corrected chi connectivity index (χ1v) is 12.4. The molecule has 0 aliphatic rings. The van der Waals surface area contributed by atoms with Gasteiger partial charge in [-0.15, -0.1) is 0 Å². The number of imidazole rings is 1. The average molecular weight is 501 g/mol. The van der Waals surface area contributed by atoms with Gasteiger partial charge in [0, 0.05) is 23.0 Å². The number of fused-ring (bicyclic) bond motifs is 1. The number of benzene rings is 4. The summed E-state index contributed by atoms with van der Waals surface area (Å²) in [6, 6.07) is 22.4. The molecule has 0 fully saturated rings. The van der Waals surface area contributed by atoms with E-state index in [2.05, 4.69) is 44.0 Å². The first-order valence-electron chi connectivity index (χ1n) is 14.9. The third kappa shape index (κ3) is 4.24. The van der Waals surface area contributed by atoms with Crippen molar-refractivity contribution < 1.29 is 12.0 Å². The Morgan fingerprint density at radius 1 is 0.789 bits per heavy atom. The third-order valence-electron chi connectivity index (χ3n) is 6.61. The molecule has 0 bridgehead atoms. The van der Waals surface area contributed by atoms with Gasteiger partial charge in [0.2, 0.25) is 0 Å². The van der Waals surface area contributed by atoms with Crippen molar-refractivity contribution in [2.24, 2.45) is 0 Å². The highest BCUT2D eigenvalue weighted by molar-refractivity contribution is 5.96. The van der Waals surface area contributed by atoms with Crippen molar-refractivity contribution in [1.29, 1.82) is 0 Å². The topological polar surface area (TPSA) is 50.9 Å². The van der Waals surface area contributed by atoms with Gasteiger partial charge in [-0.2, -0.15) is 0 Å². The molecule has 2 aromatic heterocycles. The lowest BCUT2D eigenvalue weighted by Gasteiger charge is -2.21. The minimum Gasteiger partial charge on any atom is -0.507 e. The van der Waals surface area contributed by atoms with E-state index in [1.54, 1.807) is 29.0 Å². The summed E-state index contributed by atoms with van der Waals surface area (Å²) in [7, 11) is 0. The summed E-state index contributed by atoms with van der Waals surface area (Å²) in [6.45, 7) is 6.45. The number of pyridine rings is 1. The fourth-order valence-corrected chi connectivity index (χ4v) is 4.65. The zero-order valence-corrected chi connectivity index (χ0v) is 21.4. The number of phenols is 1. The maximum atomic E-state index is 10.9. The van der Waals surface area contributed by atoms with Gasteiger partial charge < -0.3 is 5.11 Å². The largest absolute Gasteiger partial charge is 0.507 e. The molecule has 38 heavy (non-hydrogen) atoms. The molecule has 1 N–H and O–H groups in total. The molecule has 4 aromatic carbocycles. The Hall–Kier alpha value is -4.70. The summed E-state index contributed by atoms with van der Waals surface area (Å²) in [4.78, 5) is 9.59. The molecule has 0 saturated heterocycles. The number of phenolic OH excluding ortho intramolecular Hbond substituents is 1. The first-order chi connectivity index (χ1) is 20.5. The van der Waals surface area contributed by atoms with Crippen LogP contribution in [0.2, 0.25) is 0 Å². The molecule has 0 unspecified atom stereocenters. The molecule has 186 valence electrons.